The molecule has 1 N–H and O–H groups in total. The van der Waals surface area contributed by atoms with Gasteiger partial charge in [0.05, 0.1) is 22.7 Å². The van der Waals surface area contributed by atoms with Gasteiger partial charge in [0.2, 0.25) is 0 Å². The summed E-state index contributed by atoms with van der Waals surface area (Å²) in [5.74, 6) is -0.731. The van der Waals surface area contributed by atoms with Gasteiger partial charge in [0.25, 0.3) is 11.6 Å². The van der Waals surface area contributed by atoms with Crippen molar-refractivity contribution in [3.8, 4) is 11.5 Å². The number of para-hydroxylation sites is 1. The molecular weight excluding hydrogens is 422 g/mol. The fourth-order valence-corrected chi connectivity index (χ4v) is 2.65. The molecule has 0 atom stereocenters. The predicted molar refractivity (Wildman–Crippen MR) is 100 cm³/mol. The molecule has 0 saturated carbocycles. The number of methoxy groups -OCH3 is 1. The summed E-state index contributed by atoms with van der Waals surface area (Å²) in [4.78, 5) is 33.6. The molecule has 27 heavy (non-hydrogen) atoms. The number of hydrogen-bond donors (Lipinski definition) is 1. The number of nitro benzene ring substituents is 1. The van der Waals surface area contributed by atoms with Crippen molar-refractivity contribution in [2.45, 2.75) is 6.92 Å². The van der Waals surface area contributed by atoms with Crippen LogP contribution in [0, 0.1) is 10.1 Å². The summed E-state index contributed by atoms with van der Waals surface area (Å²) in [7, 11) is 1.41. The average molecular weight is 436 g/mol. The molecule has 1 amide bonds. The molecule has 0 aliphatic carbocycles. The van der Waals surface area contributed by atoms with E-state index in [4.69, 9.17) is 9.47 Å². The zero-order chi connectivity index (χ0) is 20.0. The number of nitrogens with zero attached hydrogens (tertiary/aromatic N) is 2. The molecule has 2 rings (SSSR count). The second kappa shape index (κ2) is 8.90. The maximum absolute atomic E-state index is 12.1. The lowest BCUT2D eigenvalue weighted by atomic mass is 10.2. The predicted octanol–water partition coefficient (Wildman–Crippen LogP) is 3.06. The summed E-state index contributed by atoms with van der Waals surface area (Å²) in [6.45, 7) is 1.26. The number of hydrazone groups is 1. The molecule has 10 heteroatoms. The molecule has 2 aromatic rings. The van der Waals surface area contributed by atoms with Gasteiger partial charge in [-0.2, -0.15) is 5.10 Å². The second-order valence-electron chi connectivity index (χ2n) is 5.10. The minimum atomic E-state index is -0.721. The molecule has 0 radical (unpaired) electrons. The number of carbonyl (C=O) groups is 2. The monoisotopic (exact) mass is 435 g/mol. The highest BCUT2D eigenvalue weighted by Crippen LogP contribution is 2.36. The molecular formula is C17H14BrN3O6. The fourth-order valence-electron chi connectivity index (χ4n) is 2.11. The van der Waals surface area contributed by atoms with Gasteiger partial charge < -0.3 is 9.47 Å². The van der Waals surface area contributed by atoms with Crippen molar-refractivity contribution in [3.63, 3.8) is 0 Å². The second-order valence-corrected chi connectivity index (χ2v) is 5.96. The first-order valence-electron chi connectivity index (χ1n) is 7.46. The quantitative estimate of drug-likeness (QED) is 0.244. The zero-order valence-electron chi connectivity index (χ0n) is 14.3. The number of rotatable bonds is 6. The van der Waals surface area contributed by atoms with Crippen LogP contribution in [-0.2, 0) is 4.79 Å². The van der Waals surface area contributed by atoms with Gasteiger partial charge in [0, 0.05) is 13.0 Å². The third-order valence-electron chi connectivity index (χ3n) is 3.22. The molecule has 0 aromatic heterocycles. The summed E-state index contributed by atoms with van der Waals surface area (Å²) >= 11 is 3.27. The van der Waals surface area contributed by atoms with E-state index in [0.717, 1.165) is 0 Å². The molecule has 2 aromatic carbocycles. The van der Waals surface area contributed by atoms with Gasteiger partial charge in [-0.3, -0.25) is 19.7 Å². The van der Waals surface area contributed by atoms with Crippen molar-refractivity contribution in [1.82, 2.24) is 5.43 Å². The largest absolute Gasteiger partial charge is 0.493 e. The van der Waals surface area contributed by atoms with Crippen LogP contribution in [0.3, 0.4) is 0 Å². The van der Waals surface area contributed by atoms with E-state index in [9.17, 15) is 19.7 Å². The Labute approximate surface area is 162 Å². The fraction of sp³-hybridized carbons (Fsp3) is 0.118. The SMILES string of the molecule is COc1cc(/C=N\NC(=O)c2ccccc2[N+](=O)[O-])cc(Br)c1OC(C)=O. The Balaban J connectivity index is 2.19. The highest BCUT2D eigenvalue weighted by Gasteiger charge is 2.18. The van der Waals surface area contributed by atoms with Gasteiger partial charge in [-0.15, -0.1) is 0 Å². The van der Waals surface area contributed by atoms with Crippen molar-refractivity contribution >= 4 is 39.7 Å². The first-order chi connectivity index (χ1) is 12.8. The molecule has 0 spiro atoms. The lowest BCUT2D eigenvalue weighted by Gasteiger charge is -2.10. The Bertz CT molecular complexity index is 929. The van der Waals surface area contributed by atoms with Crippen LogP contribution in [-0.4, -0.2) is 30.1 Å². The van der Waals surface area contributed by atoms with Crippen molar-refractivity contribution in [3.05, 3.63) is 62.1 Å². The Morgan fingerprint density at radius 2 is 2.00 bits per heavy atom. The third kappa shape index (κ3) is 5.11. The van der Waals surface area contributed by atoms with Crippen LogP contribution in [0.25, 0.3) is 0 Å². The number of nitro groups is 1. The van der Waals surface area contributed by atoms with Crippen molar-refractivity contribution in [1.29, 1.82) is 0 Å². The van der Waals surface area contributed by atoms with Gasteiger partial charge in [-0.05, 0) is 39.7 Å². The van der Waals surface area contributed by atoms with Crippen LogP contribution in [0.1, 0.15) is 22.8 Å². The summed E-state index contributed by atoms with van der Waals surface area (Å²) in [5, 5.41) is 14.8. The molecule has 0 aliphatic heterocycles. The van der Waals surface area contributed by atoms with Crippen LogP contribution < -0.4 is 14.9 Å². The zero-order valence-corrected chi connectivity index (χ0v) is 15.8. The van der Waals surface area contributed by atoms with E-state index >= 15 is 0 Å². The van der Waals surface area contributed by atoms with Gasteiger partial charge in [-0.1, -0.05) is 12.1 Å². The minimum Gasteiger partial charge on any atom is -0.493 e. The topological polar surface area (TPSA) is 120 Å². The lowest BCUT2D eigenvalue weighted by molar-refractivity contribution is -0.385. The number of amides is 1. The Morgan fingerprint density at radius 1 is 1.30 bits per heavy atom. The van der Waals surface area contributed by atoms with Crippen LogP contribution in [0.5, 0.6) is 11.5 Å². The van der Waals surface area contributed by atoms with E-state index in [-0.39, 0.29) is 22.7 Å². The summed E-state index contributed by atoms with van der Waals surface area (Å²) in [5.41, 5.74) is 2.33. The van der Waals surface area contributed by atoms with Crippen LogP contribution >= 0.6 is 15.9 Å². The summed E-state index contributed by atoms with van der Waals surface area (Å²) < 4.78 is 10.7. The number of benzene rings is 2. The van der Waals surface area contributed by atoms with Gasteiger partial charge in [0.1, 0.15) is 5.56 Å². The molecule has 0 saturated heterocycles. The molecule has 140 valence electrons. The number of carbonyl (C=O) groups excluding carboxylic acids is 2. The van der Waals surface area contributed by atoms with Crippen LogP contribution in [0.15, 0.2) is 46.0 Å². The lowest BCUT2D eigenvalue weighted by Crippen LogP contribution is -2.19. The number of nitrogens with one attached hydrogen (secondary N) is 1. The standard InChI is InChI=1S/C17H14BrN3O6/c1-10(22)27-16-13(18)7-11(8-15(16)26-2)9-19-20-17(23)12-5-3-4-6-14(12)21(24)25/h3-9H,1-2H3,(H,20,23)/b19-9-. The third-order valence-corrected chi connectivity index (χ3v) is 3.81. The van der Waals surface area contributed by atoms with E-state index < -0.39 is 16.8 Å². The minimum absolute atomic E-state index is 0.108. The molecule has 9 nitrogen and oxygen atoms in total. The maximum Gasteiger partial charge on any atom is 0.308 e. The highest BCUT2D eigenvalue weighted by atomic mass is 79.9. The van der Waals surface area contributed by atoms with Crippen molar-refractivity contribution < 1.29 is 24.0 Å². The smallest absolute Gasteiger partial charge is 0.308 e. The molecule has 0 bridgehead atoms. The summed E-state index contributed by atoms with van der Waals surface area (Å²) in [6.07, 6.45) is 1.32. The normalized spacial score (nSPS) is 10.5. The van der Waals surface area contributed by atoms with Gasteiger partial charge in [-0.25, -0.2) is 5.43 Å². The van der Waals surface area contributed by atoms with Crippen LogP contribution in [0.4, 0.5) is 5.69 Å². The number of hydrogen-bond acceptors (Lipinski definition) is 7. The molecule has 0 fully saturated rings. The Kier molecular flexibility index (Phi) is 6.61. The average Bonchev–Trinajstić information content (AvgIpc) is 2.63. The van der Waals surface area contributed by atoms with E-state index in [0.29, 0.717) is 10.0 Å². The van der Waals surface area contributed by atoms with Crippen molar-refractivity contribution in [2.24, 2.45) is 5.10 Å². The molecule has 0 unspecified atom stereocenters. The van der Waals surface area contributed by atoms with Gasteiger partial charge >= 0.3 is 5.97 Å². The van der Waals surface area contributed by atoms with E-state index in [2.05, 4.69) is 26.5 Å². The number of ether oxygens (including phenoxy) is 2. The van der Waals surface area contributed by atoms with E-state index in [1.807, 2.05) is 0 Å². The maximum atomic E-state index is 12.1. The first-order valence-corrected chi connectivity index (χ1v) is 8.25. The highest BCUT2D eigenvalue weighted by molar-refractivity contribution is 9.10. The first kappa shape index (κ1) is 20.0. The summed E-state index contributed by atoms with van der Waals surface area (Å²) in [6, 6.07) is 8.68. The van der Waals surface area contributed by atoms with Crippen molar-refractivity contribution in [2.75, 3.05) is 7.11 Å². The Hall–Kier alpha value is -3.27. The van der Waals surface area contributed by atoms with E-state index in [1.54, 1.807) is 12.1 Å². The van der Waals surface area contributed by atoms with E-state index in [1.165, 1.54) is 44.5 Å². The molecule has 0 aliphatic rings. The van der Waals surface area contributed by atoms with Gasteiger partial charge in [0.15, 0.2) is 11.5 Å². The Morgan fingerprint density at radius 3 is 2.63 bits per heavy atom. The number of esters is 1. The molecule has 0 heterocycles. The number of halogens is 1. The van der Waals surface area contributed by atoms with Crippen LogP contribution in [0.2, 0.25) is 0 Å².